The summed E-state index contributed by atoms with van der Waals surface area (Å²) in [5, 5.41) is 1.19. The summed E-state index contributed by atoms with van der Waals surface area (Å²) in [4.78, 5) is 7.25. The van der Waals surface area contributed by atoms with Gasteiger partial charge in [0.15, 0.2) is 0 Å². The van der Waals surface area contributed by atoms with Gasteiger partial charge in [-0.1, -0.05) is 19.1 Å². The summed E-state index contributed by atoms with van der Waals surface area (Å²) in [5.41, 5.74) is 3.61. The Balaban J connectivity index is 1.82. The SMILES string of the molecule is C[C@@H]1CCc2c(sc3nc(-c4ccccc4F)cc(-c4ccco4)c23)C1. The second-order valence-electron chi connectivity index (χ2n) is 7.04. The molecule has 0 spiro atoms. The third-order valence-corrected chi connectivity index (χ3v) is 6.35. The molecular formula is C22H18FNOS. The number of thiophene rings is 1. The molecule has 130 valence electrons. The first-order valence-electron chi connectivity index (χ1n) is 8.95. The summed E-state index contributed by atoms with van der Waals surface area (Å²) in [7, 11) is 0. The predicted octanol–water partition coefficient (Wildman–Crippen LogP) is 6.49. The largest absolute Gasteiger partial charge is 0.464 e. The highest BCUT2D eigenvalue weighted by molar-refractivity contribution is 7.19. The molecule has 0 aliphatic heterocycles. The van der Waals surface area contributed by atoms with Crippen molar-refractivity contribution in [3.8, 4) is 22.6 Å². The maximum absolute atomic E-state index is 14.4. The third-order valence-electron chi connectivity index (χ3n) is 5.20. The van der Waals surface area contributed by atoms with Gasteiger partial charge in [-0.3, -0.25) is 0 Å². The lowest BCUT2D eigenvalue weighted by Crippen LogP contribution is -2.08. The van der Waals surface area contributed by atoms with Gasteiger partial charge in [0.1, 0.15) is 16.4 Å². The fourth-order valence-electron chi connectivity index (χ4n) is 3.88. The fourth-order valence-corrected chi connectivity index (χ4v) is 5.28. The van der Waals surface area contributed by atoms with Gasteiger partial charge in [0.05, 0.1) is 12.0 Å². The highest BCUT2D eigenvalue weighted by atomic mass is 32.1. The molecule has 1 atom stereocenters. The Labute approximate surface area is 155 Å². The number of halogens is 1. The zero-order valence-corrected chi connectivity index (χ0v) is 15.3. The predicted molar refractivity (Wildman–Crippen MR) is 104 cm³/mol. The van der Waals surface area contributed by atoms with Crippen LogP contribution in [0.15, 0.2) is 53.1 Å². The summed E-state index contributed by atoms with van der Waals surface area (Å²) in [6.45, 7) is 2.30. The van der Waals surface area contributed by atoms with Crippen LogP contribution in [0.4, 0.5) is 4.39 Å². The second kappa shape index (κ2) is 6.06. The standard InChI is InChI=1S/C22H18FNOS/c1-13-8-9-15-20(11-13)26-22-21(15)16(19-7-4-10-25-19)12-18(24-22)14-5-2-3-6-17(14)23/h2-7,10,12-13H,8-9,11H2,1H3/t13-/m1/s1. The number of aryl methyl sites for hydroxylation is 1. The van der Waals surface area contributed by atoms with Crippen LogP contribution >= 0.6 is 11.3 Å². The van der Waals surface area contributed by atoms with Gasteiger partial charge in [0, 0.05) is 21.4 Å². The van der Waals surface area contributed by atoms with Crippen molar-refractivity contribution < 1.29 is 8.81 Å². The molecule has 3 aromatic heterocycles. The third kappa shape index (κ3) is 2.48. The number of nitrogens with zero attached hydrogens (tertiary/aromatic N) is 1. The van der Waals surface area contributed by atoms with Crippen LogP contribution < -0.4 is 0 Å². The molecule has 0 N–H and O–H groups in total. The minimum Gasteiger partial charge on any atom is -0.464 e. The average molecular weight is 363 g/mol. The van der Waals surface area contributed by atoms with Crippen LogP contribution in [-0.2, 0) is 12.8 Å². The Morgan fingerprint density at radius 2 is 2.04 bits per heavy atom. The molecule has 1 aliphatic rings. The zero-order valence-electron chi connectivity index (χ0n) is 14.5. The lowest BCUT2D eigenvalue weighted by molar-refractivity contribution is 0.509. The fraction of sp³-hybridized carbons (Fsp3) is 0.227. The summed E-state index contributed by atoms with van der Waals surface area (Å²) >= 11 is 1.75. The van der Waals surface area contributed by atoms with Gasteiger partial charge in [-0.2, -0.15) is 0 Å². The molecule has 0 fully saturated rings. The monoisotopic (exact) mass is 363 g/mol. The maximum Gasteiger partial charge on any atom is 0.134 e. The molecule has 0 saturated carbocycles. The van der Waals surface area contributed by atoms with Crippen molar-refractivity contribution in [2.45, 2.75) is 26.2 Å². The van der Waals surface area contributed by atoms with Crippen LogP contribution in [0.25, 0.3) is 32.8 Å². The van der Waals surface area contributed by atoms with Crippen molar-refractivity contribution >= 4 is 21.6 Å². The van der Waals surface area contributed by atoms with Gasteiger partial charge in [-0.25, -0.2) is 9.37 Å². The lowest BCUT2D eigenvalue weighted by Gasteiger charge is -2.18. The van der Waals surface area contributed by atoms with E-state index in [4.69, 9.17) is 9.40 Å². The zero-order chi connectivity index (χ0) is 17.7. The van der Waals surface area contributed by atoms with E-state index in [-0.39, 0.29) is 5.82 Å². The number of furan rings is 1. The Kier molecular flexibility index (Phi) is 3.68. The molecular weight excluding hydrogens is 345 g/mol. The molecule has 0 radical (unpaired) electrons. The van der Waals surface area contributed by atoms with Crippen molar-refractivity contribution in [2.75, 3.05) is 0 Å². The van der Waals surface area contributed by atoms with Crippen LogP contribution in [0.3, 0.4) is 0 Å². The molecule has 0 saturated heterocycles. The van der Waals surface area contributed by atoms with E-state index in [2.05, 4.69) is 6.92 Å². The lowest BCUT2D eigenvalue weighted by atomic mass is 9.88. The van der Waals surface area contributed by atoms with Crippen LogP contribution in [0.2, 0.25) is 0 Å². The van der Waals surface area contributed by atoms with Gasteiger partial charge in [0.25, 0.3) is 0 Å². The van der Waals surface area contributed by atoms with E-state index >= 15 is 0 Å². The number of hydrogen-bond donors (Lipinski definition) is 0. The van der Waals surface area contributed by atoms with Crippen molar-refractivity contribution in [3.63, 3.8) is 0 Å². The quantitative estimate of drug-likeness (QED) is 0.407. The molecule has 1 aromatic carbocycles. The first-order chi connectivity index (χ1) is 12.7. The van der Waals surface area contributed by atoms with E-state index < -0.39 is 0 Å². The first-order valence-corrected chi connectivity index (χ1v) is 9.76. The number of hydrogen-bond acceptors (Lipinski definition) is 3. The number of benzene rings is 1. The van der Waals surface area contributed by atoms with Crippen molar-refractivity contribution in [1.82, 2.24) is 4.98 Å². The van der Waals surface area contributed by atoms with Crippen molar-refractivity contribution in [1.29, 1.82) is 0 Å². The van der Waals surface area contributed by atoms with E-state index in [9.17, 15) is 4.39 Å². The van der Waals surface area contributed by atoms with Crippen molar-refractivity contribution in [2.24, 2.45) is 5.92 Å². The Hall–Kier alpha value is -2.46. The smallest absolute Gasteiger partial charge is 0.134 e. The number of rotatable bonds is 2. The number of pyridine rings is 1. The number of fused-ring (bicyclic) bond motifs is 3. The molecule has 0 amide bonds. The Morgan fingerprint density at radius 1 is 1.15 bits per heavy atom. The van der Waals surface area contributed by atoms with Crippen molar-refractivity contribution in [3.05, 3.63) is 65.0 Å². The first kappa shape index (κ1) is 15.8. The Morgan fingerprint density at radius 3 is 2.85 bits per heavy atom. The average Bonchev–Trinajstić information content (AvgIpc) is 3.28. The van der Waals surface area contributed by atoms with E-state index in [0.29, 0.717) is 17.2 Å². The summed E-state index contributed by atoms with van der Waals surface area (Å²) in [6, 6.07) is 12.7. The van der Waals surface area contributed by atoms with Crippen LogP contribution in [-0.4, -0.2) is 4.98 Å². The molecule has 26 heavy (non-hydrogen) atoms. The topological polar surface area (TPSA) is 26.0 Å². The highest BCUT2D eigenvalue weighted by Crippen LogP contribution is 2.43. The molecule has 4 aromatic rings. The van der Waals surface area contributed by atoms with E-state index in [0.717, 1.165) is 29.0 Å². The molecule has 5 rings (SSSR count). The van der Waals surface area contributed by atoms with Crippen LogP contribution in [0.1, 0.15) is 23.8 Å². The van der Waals surface area contributed by atoms with E-state index in [1.54, 1.807) is 29.7 Å². The normalized spacial score (nSPS) is 16.8. The molecule has 0 bridgehead atoms. The van der Waals surface area contributed by atoms with E-state index in [1.165, 1.54) is 28.3 Å². The maximum atomic E-state index is 14.4. The highest BCUT2D eigenvalue weighted by Gasteiger charge is 2.24. The van der Waals surface area contributed by atoms with Gasteiger partial charge >= 0.3 is 0 Å². The van der Waals surface area contributed by atoms with Crippen LogP contribution in [0, 0.1) is 11.7 Å². The van der Waals surface area contributed by atoms with Gasteiger partial charge in [0.2, 0.25) is 0 Å². The van der Waals surface area contributed by atoms with Gasteiger partial charge in [-0.05, 0) is 61.1 Å². The summed E-state index contributed by atoms with van der Waals surface area (Å²) < 4.78 is 20.1. The van der Waals surface area contributed by atoms with Gasteiger partial charge < -0.3 is 4.42 Å². The number of aromatic nitrogens is 1. The molecule has 0 unspecified atom stereocenters. The minimum absolute atomic E-state index is 0.250. The minimum atomic E-state index is -0.250. The van der Waals surface area contributed by atoms with Gasteiger partial charge in [-0.15, -0.1) is 11.3 Å². The molecule has 1 aliphatic carbocycles. The Bertz CT molecular complexity index is 1100. The molecule has 4 heteroatoms. The second-order valence-corrected chi connectivity index (χ2v) is 8.13. The summed E-state index contributed by atoms with van der Waals surface area (Å²) in [5.74, 6) is 1.27. The summed E-state index contributed by atoms with van der Waals surface area (Å²) in [6.07, 6.45) is 5.06. The van der Waals surface area contributed by atoms with Crippen LogP contribution in [0.5, 0.6) is 0 Å². The van der Waals surface area contributed by atoms with E-state index in [1.807, 2.05) is 24.3 Å². The molecule has 2 nitrogen and oxygen atoms in total. The molecule has 3 heterocycles.